The molecule has 1 saturated carbocycles. The molecule has 1 aliphatic carbocycles. The quantitative estimate of drug-likeness (QED) is 0.743. The molecule has 66 valence electrons. The maximum atomic E-state index is 8.63. The Bertz CT molecular complexity index is 336. The highest BCUT2D eigenvalue weighted by Crippen LogP contribution is 2.22. The molecule has 2 rings (SSSR count). The van der Waals surface area contributed by atoms with Crippen LogP contribution in [0.15, 0.2) is 18.3 Å². The summed E-state index contributed by atoms with van der Waals surface area (Å²) in [4.78, 5) is 3.91. The van der Waals surface area contributed by atoms with Gasteiger partial charge >= 0.3 is 0 Å². The fraction of sp³-hybridized carbons (Fsp3) is 0.400. The molecule has 0 saturated heterocycles. The highest BCUT2D eigenvalue weighted by atomic mass is 14.9. The van der Waals surface area contributed by atoms with Gasteiger partial charge in [-0.15, -0.1) is 0 Å². The van der Waals surface area contributed by atoms with Crippen molar-refractivity contribution in [3.8, 4) is 6.07 Å². The van der Waals surface area contributed by atoms with Crippen LogP contribution in [0.1, 0.15) is 25.0 Å². The van der Waals surface area contributed by atoms with Gasteiger partial charge in [-0.3, -0.25) is 0 Å². The lowest BCUT2D eigenvalue weighted by Gasteiger charge is -2.27. The number of nitrogens with one attached hydrogen (secondary N) is 1. The van der Waals surface area contributed by atoms with Crippen LogP contribution >= 0.6 is 0 Å². The first kappa shape index (κ1) is 8.06. The molecule has 13 heavy (non-hydrogen) atoms. The van der Waals surface area contributed by atoms with Crippen LogP contribution in [0.2, 0.25) is 0 Å². The molecular formula is C10H11N3. The molecule has 0 unspecified atom stereocenters. The highest BCUT2D eigenvalue weighted by Gasteiger charge is 2.16. The highest BCUT2D eigenvalue weighted by molar-refractivity contribution is 5.46. The van der Waals surface area contributed by atoms with Crippen LogP contribution in [0.25, 0.3) is 0 Å². The standard InChI is InChI=1S/C10H11N3/c11-7-10-6-9(4-5-12-10)13-8-2-1-3-8/h4-6,8H,1-3H2,(H,12,13). The largest absolute Gasteiger partial charge is 0.382 e. The van der Waals surface area contributed by atoms with Crippen molar-refractivity contribution in [1.82, 2.24) is 4.98 Å². The molecule has 3 heteroatoms. The SMILES string of the molecule is N#Cc1cc(NC2CCC2)ccn1. The van der Waals surface area contributed by atoms with Crippen LogP contribution in [0.4, 0.5) is 5.69 Å². The smallest absolute Gasteiger partial charge is 0.142 e. The maximum Gasteiger partial charge on any atom is 0.142 e. The number of aromatic nitrogens is 1. The minimum Gasteiger partial charge on any atom is -0.382 e. The minimum absolute atomic E-state index is 0.476. The fourth-order valence-corrected chi connectivity index (χ4v) is 1.37. The Labute approximate surface area is 77.4 Å². The summed E-state index contributed by atoms with van der Waals surface area (Å²) in [7, 11) is 0. The van der Waals surface area contributed by atoms with E-state index in [9.17, 15) is 0 Å². The Kier molecular flexibility index (Phi) is 2.13. The fourth-order valence-electron chi connectivity index (χ4n) is 1.37. The van der Waals surface area contributed by atoms with Crippen molar-refractivity contribution in [3.63, 3.8) is 0 Å². The van der Waals surface area contributed by atoms with Crippen LogP contribution in [-0.4, -0.2) is 11.0 Å². The van der Waals surface area contributed by atoms with E-state index in [0.717, 1.165) is 5.69 Å². The summed E-state index contributed by atoms with van der Waals surface area (Å²) in [5.74, 6) is 0. The lowest BCUT2D eigenvalue weighted by molar-refractivity contribution is 0.445. The topological polar surface area (TPSA) is 48.7 Å². The summed E-state index contributed by atoms with van der Waals surface area (Å²) in [5, 5.41) is 12.0. The third-order valence-electron chi connectivity index (χ3n) is 2.35. The van der Waals surface area contributed by atoms with E-state index in [1.54, 1.807) is 12.3 Å². The van der Waals surface area contributed by atoms with Crippen molar-refractivity contribution < 1.29 is 0 Å². The molecule has 1 aromatic rings. The molecule has 1 heterocycles. The van der Waals surface area contributed by atoms with E-state index in [0.29, 0.717) is 11.7 Å². The van der Waals surface area contributed by atoms with E-state index in [4.69, 9.17) is 5.26 Å². The average molecular weight is 173 g/mol. The van der Waals surface area contributed by atoms with E-state index < -0.39 is 0 Å². The molecule has 1 N–H and O–H groups in total. The molecule has 0 radical (unpaired) electrons. The van der Waals surface area contributed by atoms with Crippen LogP contribution in [0, 0.1) is 11.3 Å². The molecule has 0 amide bonds. The molecule has 0 atom stereocenters. The van der Waals surface area contributed by atoms with E-state index in [2.05, 4.69) is 10.3 Å². The Morgan fingerprint density at radius 2 is 2.38 bits per heavy atom. The predicted molar refractivity (Wildman–Crippen MR) is 50.2 cm³/mol. The van der Waals surface area contributed by atoms with Gasteiger partial charge in [-0.25, -0.2) is 4.98 Å². The van der Waals surface area contributed by atoms with E-state index in [1.165, 1.54) is 19.3 Å². The van der Waals surface area contributed by atoms with Crippen LogP contribution < -0.4 is 5.32 Å². The number of hydrogen-bond donors (Lipinski definition) is 1. The molecule has 1 fully saturated rings. The van der Waals surface area contributed by atoms with Gasteiger partial charge in [-0.2, -0.15) is 5.26 Å². The van der Waals surface area contributed by atoms with Gasteiger partial charge in [0.05, 0.1) is 0 Å². The zero-order valence-corrected chi connectivity index (χ0v) is 7.33. The minimum atomic E-state index is 0.476. The van der Waals surface area contributed by atoms with Crippen molar-refractivity contribution >= 4 is 5.69 Å². The molecule has 3 nitrogen and oxygen atoms in total. The van der Waals surface area contributed by atoms with Gasteiger partial charge in [-0.1, -0.05) is 0 Å². The molecule has 0 aliphatic heterocycles. The zero-order chi connectivity index (χ0) is 9.10. The predicted octanol–water partition coefficient (Wildman–Crippen LogP) is 1.92. The van der Waals surface area contributed by atoms with Crippen LogP contribution in [-0.2, 0) is 0 Å². The van der Waals surface area contributed by atoms with Crippen molar-refractivity contribution in [1.29, 1.82) is 5.26 Å². The number of hydrogen-bond acceptors (Lipinski definition) is 3. The van der Waals surface area contributed by atoms with Gasteiger partial charge in [-0.05, 0) is 31.4 Å². The van der Waals surface area contributed by atoms with Crippen molar-refractivity contribution in [3.05, 3.63) is 24.0 Å². The molecule has 0 aromatic carbocycles. The Balaban J connectivity index is 2.07. The summed E-state index contributed by atoms with van der Waals surface area (Å²) in [6, 6.07) is 6.32. The Morgan fingerprint density at radius 3 is 3.00 bits per heavy atom. The lowest BCUT2D eigenvalue weighted by atomic mass is 9.93. The number of anilines is 1. The summed E-state index contributed by atoms with van der Waals surface area (Å²) >= 11 is 0. The van der Waals surface area contributed by atoms with Crippen LogP contribution in [0.5, 0.6) is 0 Å². The van der Waals surface area contributed by atoms with Crippen molar-refractivity contribution in [2.24, 2.45) is 0 Å². The third kappa shape index (κ3) is 1.78. The van der Waals surface area contributed by atoms with Gasteiger partial charge in [0, 0.05) is 17.9 Å². The number of nitrogens with zero attached hydrogens (tertiary/aromatic N) is 2. The summed E-state index contributed by atoms with van der Waals surface area (Å²) in [6.45, 7) is 0. The summed E-state index contributed by atoms with van der Waals surface area (Å²) in [5.41, 5.74) is 1.49. The van der Waals surface area contributed by atoms with Gasteiger partial charge in [0.1, 0.15) is 11.8 Å². The second kappa shape index (κ2) is 3.44. The normalized spacial score (nSPS) is 15.9. The second-order valence-electron chi connectivity index (χ2n) is 3.31. The average Bonchev–Trinajstić information content (AvgIpc) is 2.12. The van der Waals surface area contributed by atoms with Crippen LogP contribution in [0.3, 0.4) is 0 Å². The lowest BCUT2D eigenvalue weighted by Crippen LogP contribution is -2.26. The number of nitriles is 1. The first-order valence-corrected chi connectivity index (χ1v) is 4.51. The zero-order valence-electron chi connectivity index (χ0n) is 7.33. The van der Waals surface area contributed by atoms with E-state index in [-0.39, 0.29) is 0 Å². The first-order valence-electron chi connectivity index (χ1n) is 4.51. The van der Waals surface area contributed by atoms with Gasteiger partial charge in [0.2, 0.25) is 0 Å². The first-order chi connectivity index (χ1) is 6.38. The molecule has 0 spiro atoms. The van der Waals surface area contributed by atoms with Crippen molar-refractivity contribution in [2.75, 3.05) is 5.32 Å². The van der Waals surface area contributed by atoms with Gasteiger partial charge in [0.15, 0.2) is 0 Å². The molecule has 1 aliphatic rings. The van der Waals surface area contributed by atoms with Gasteiger partial charge < -0.3 is 5.32 Å². The second-order valence-corrected chi connectivity index (χ2v) is 3.31. The summed E-state index contributed by atoms with van der Waals surface area (Å²) in [6.07, 6.45) is 5.46. The van der Waals surface area contributed by atoms with E-state index in [1.807, 2.05) is 12.1 Å². The van der Waals surface area contributed by atoms with E-state index >= 15 is 0 Å². The number of rotatable bonds is 2. The molecular weight excluding hydrogens is 162 g/mol. The third-order valence-corrected chi connectivity index (χ3v) is 2.35. The molecule has 0 bridgehead atoms. The van der Waals surface area contributed by atoms with Gasteiger partial charge in [0.25, 0.3) is 0 Å². The monoisotopic (exact) mass is 173 g/mol. The number of pyridine rings is 1. The Hall–Kier alpha value is -1.56. The van der Waals surface area contributed by atoms with Crippen molar-refractivity contribution in [2.45, 2.75) is 25.3 Å². The molecule has 1 aromatic heterocycles. The summed E-state index contributed by atoms with van der Waals surface area (Å²) < 4.78 is 0. The Morgan fingerprint density at radius 1 is 1.54 bits per heavy atom. The maximum absolute atomic E-state index is 8.63.